The number of Topliss-reactive ketones (excluding diaryl/α,β-unsaturated/α-hetero) is 1. The molecule has 3 rings (SSSR count). The molecule has 0 N–H and O–H groups in total. The number of ketones is 1. The highest BCUT2D eigenvalue weighted by molar-refractivity contribution is 6.60. The molecular formula is C26H14F6N3O4. The lowest BCUT2D eigenvalue weighted by atomic mass is 9.90. The first-order chi connectivity index (χ1) is 18.3. The third kappa shape index (κ3) is 7.51. The minimum absolute atomic E-state index is 0.0629. The Balaban J connectivity index is 2.09. The number of hydrazone groups is 1. The topological polar surface area (TPSA) is 99.8 Å². The van der Waals surface area contributed by atoms with E-state index in [1.54, 1.807) is 0 Å². The van der Waals surface area contributed by atoms with Crippen molar-refractivity contribution in [1.82, 2.24) is 0 Å². The van der Waals surface area contributed by atoms with Crippen LogP contribution in [0.1, 0.15) is 28.2 Å². The molecule has 0 spiro atoms. The Morgan fingerprint density at radius 1 is 0.923 bits per heavy atom. The van der Waals surface area contributed by atoms with Crippen LogP contribution >= 0.6 is 0 Å². The molecule has 3 aromatic carbocycles. The van der Waals surface area contributed by atoms with Crippen molar-refractivity contribution in [2.24, 2.45) is 5.10 Å². The van der Waals surface area contributed by atoms with Crippen LogP contribution in [-0.2, 0) is 20.6 Å². The molecule has 0 aliphatic heterocycles. The molecule has 1 amide bonds. The molecule has 0 aromatic heterocycles. The van der Waals surface area contributed by atoms with Crippen molar-refractivity contribution in [1.29, 1.82) is 5.26 Å². The third-order valence-electron chi connectivity index (χ3n) is 5.10. The van der Waals surface area contributed by atoms with Gasteiger partial charge in [-0.3, -0.25) is 14.4 Å². The van der Waals surface area contributed by atoms with Gasteiger partial charge in [0.2, 0.25) is 0 Å². The summed E-state index contributed by atoms with van der Waals surface area (Å²) in [6.07, 6.45) is -7.82. The second-order valence-electron chi connectivity index (χ2n) is 7.69. The van der Waals surface area contributed by atoms with E-state index >= 15 is 0 Å². The molecule has 199 valence electrons. The average molecular weight is 546 g/mol. The number of nitrogens with zero attached hydrogens (tertiary/aromatic N) is 3. The summed E-state index contributed by atoms with van der Waals surface area (Å²) in [5, 5.41) is 13.3. The van der Waals surface area contributed by atoms with Gasteiger partial charge in [-0.2, -0.15) is 28.5 Å². The lowest BCUT2D eigenvalue weighted by Gasteiger charge is -2.19. The van der Waals surface area contributed by atoms with Crippen LogP contribution in [0.4, 0.5) is 32.0 Å². The number of amides is 1. The zero-order chi connectivity index (χ0) is 28.8. The lowest BCUT2D eigenvalue weighted by Crippen LogP contribution is -2.33. The largest absolute Gasteiger partial charge is 0.573 e. The highest BCUT2D eigenvalue weighted by Gasteiger charge is 2.32. The van der Waals surface area contributed by atoms with E-state index in [-0.39, 0.29) is 16.8 Å². The molecule has 0 heterocycles. The van der Waals surface area contributed by atoms with Gasteiger partial charge in [0, 0.05) is 12.1 Å². The number of ether oxygens (including phenoxy) is 1. The molecule has 0 aliphatic carbocycles. The van der Waals surface area contributed by atoms with E-state index in [2.05, 4.69) is 9.84 Å². The minimum Gasteiger partial charge on any atom is -0.406 e. The molecule has 1 atom stereocenters. The van der Waals surface area contributed by atoms with Gasteiger partial charge in [0.05, 0.1) is 22.9 Å². The van der Waals surface area contributed by atoms with Crippen LogP contribution in [0.25, 0.3) is 0 Å². The highest BCUT2D eigenvalue weighted by Crippen LogP contribution is 2.33. The summed E-state index contributed by atoms with van der Waals surface area (Å²) in [5.74, 6) is -4.93. The maximum absolute atomic E-state index is 13.4. The van der Waals surface area contributed by atoms with Gasteiger partial charge in [0.25, 0.3) is 12.1 Å². The third-order valence-corrected chi connectivity index (χ3v) is 5.10. The normalized spacial score (nSPS) is 12.4. The molecule has 0 fully saturated rings. The molecule has 0 aliphatic rings. The number of nitriles is 1. The van der Waals surface area contributed by atoms with Crippen molar-refractivity contribution in [2.45, 2.75) is 18.5 Å². The van der Waals surface area contributed by atoms with E-state index in [0.717, 1.165) is 55.0 Å². The number of hydrogen-bond donors (Lipinski definition) is 0. The SMILES string of the molecule is N#Cc1ccc([C@H](C=NN(C(=O)C(=O)[C]=O)c2ccc(OC(F)(F)F)cc2)c2cccc(C(F)(F)F)c2)cc1. The van der Waals surface area contributed by atoms with Crippen LogP contribution in [0, 0.1) is 11.3 Å². The smallest absolute Gasteiger partial charge is 0.406 e. The second-order valence-corrected chi connectivity index (χ2v) is 7.69. The number of hydrogen-bond acceptors (Lipinski definition) is 6. The van der Waals surface area contributed by atoms with Crippen molar-refractivity contribution in [2.75, 3.05) is 5.01 Å². The maximum Gasteiger partial charge on any atom is 0.573 e. The Labute approximate surface area is 216 Å². The molecular weight excluding hydrogens is 532 g/mol. The highest BCUT2D eigenvalue weighted by atomic mass is 19.4. The number of halogens is 6. The minimum atomic E-state index is -5.00. The second kappa shape index (κ2) is 11.6. The molecule has 13 heteroatoms. The fourth-order valence-electron chi connectivity index (χ4n) is 3.34. The van der Waals surface area contributed by atoms with E-state index in [1.807, 2.05) is 6.07 Å². The number of carbonyl (C=O) groups is 2. The molecule has 0 saturated heterocycles. The van der Waals surface area contributed by atoms with Gasteiger partial charge >= 0.3 is 18.4 Å². The Kier molecular flexibility index (Phi) is 8.50. The van der Waals surface area contributed by atoms with Crippen molar-refractivity contribution in [3.05, 3.63) is 95.1 Å². The van der Waals surface area contributed by atoms with E-state index in [1.165, 1.54) is 30.3 Å². The van der Waals surface area contributed by atoms with Gasteiger partial charge in [0.15, 0.2) is 0 Å². The van der Waals surface area contributed by atoms with Crippen LogP contribution in [-0.4, -0.2) is 30.6 Å². The first-order valence-electron chi connectivity index (χ1n) is 10.7. The number of rotatable bonds is 8. The summed E-state index contributed by atoms with van der Waals surface area (Å²) in [6.45, 7) is 0. The quantitative estimate of drug-likeness (QED) is 0.125. The predicted octanol–water partition coefficient (Wildman–Crippen LogP) is 5.31. The Hall–Kier alpha value is -4.99. The number of alkyl halides is 6. The molecule has 39 heavy (non-hydrogen) atoms. The van der Waals surface area contributed by atoms with Gasteiger partial charge in [-0.05, 0) is 53.6 Å². The van der Waals surface area contributed by atoms with Gasteiger partial charge in [0.1, 0.15) is 5.75 Å². The van der Waals surface area contributed by atoms with Crippen LogP contribution < -0.4 is 9.75 Å². The molecule has 0 bridgehead atoms. The number of carbonyl (C=O) groups excluding carboxylic acids is 3. The van der Waals surface area contributed by atoms with E-state index in [0.29, 0.717) is 10.6 Å². The fraction of sp³-hybridized carbons (Fsp3) is 0.115. The zero-order valence-electron chi connectivity index (χ0n) is 19.3. The van der Waals surface area contributed by atoms with Gasteiger partial charge in [-0.1, -0.05) is 30.3 Å². The maximum atomic E-state index is 13.4. The van der Waals surface area contributed by atoms with Gasteiger partial charge in [-0.15, -0.1) is 13.2 Å². The van der Waals surface area contributed by atoms with Crippen molar-refractivity contribution >= 4 is 29.9 Å². The predicted molar refractivity (Wildman–Crippen MR) is 124 cm³/mol. The Morgan fingerprint density at radius 2 is 1.56 bits per heavy atom. The summed E-state index contributed by atoms with van der Waals surface area (Å²) < 4.78 is 81.3. The van der Waals surface area contributed by atoms with Gasteiger partial charge in [-0.25, -0.2) is 0 Å². The Bertz CT molecular complexity index is 1430. The van der Waals surface area contributed by atoms with Crippen molar-refractivity contribution < 1.29 is 45.5 Å². The van der Waals surface area contributed by atoms with Crippen LogP contribution in [0.2, 0.25) is 0 Å². The van der Waals surface area contributed by atoms with E-state index < -0.39 is 41.5 Å². The van der Waals surface area contributed by atoms with Crippen LogP contribution in [0.15, 0.2) is 77.9 Å². The van der Waals surface area contributed by atoms with Crippen LogP contribution in [0.3, 0.4) is 0 Å². The molecule has 3 aromatic rings. The van der Waals surface area contributed by atoms with Gasteiger partial charge < -0.3 is 4.74 Å². The van der Waals surface area contributed by atoms with Crippen LogP contribution in [0.5, 0.6) is 5.75 Å². The summed E-state index contributed by atoms with van der Waals surface area (Å²) >= 11 is 0. The lowest BCUT2D eigenvalue weighted by molar-refractivity contribution is -0.274. The Morgan fingerprint density at radius 3 is 2.10 bits per heavy atom. The summed E-state index contributed by atoms with van der Waals surface area (Å²) in [5.41, 5.74) is -0.592. The molecule has 0 saturated carbocycles. The van der Waals surface area contributed by atoms with Crippen molar-refractivity contribution in [3.63, 3.8) is 0 Å². The first kappa shape index (κ1) is 28.6. The molecule has 1 radical (unpaired) electrons. The first-order valence-corrected chi connectivity index (χ1v) is 10.7. The summed E-state index contributed by atoms with van der Waals surface area (Å²) in [7, 11) is 0. The van der Waals surface area contributed by atoms with Crippen molar-refractivity contribution in [3.8, 4) is 11.8 Å². The monoisotopic (exact) mass is 546 g/mol. The standard InChI is InChI=1S/C26H14F6N3O4/c27-25(28,29)19-3-1-2-18(12-19)22(17-6-4-16(13-33)5-7-17)14-34-35(24(38)23(37)15-36)20-8-10-21(11-9-20)39-26(30,31)32/h1-12,14,22H/t22-/m0/s1. The summed E-state index contributed by atoms with van der Waals surface area (Å²) in [4.78, 5) is 35.1. The average Bonchev–Trinajstić information content (AvgIpc) is 2.90. The fourth-order valence-corrected chi connectivity index (χ4v) is 3.34. The van der Waals surface area contributed by atoms with E-state index in [4.69, 9.17) is 5.26 Å². The number of anilines is 1. The van der Waals surface area contributed by atoms with E-state index in [9.17, 15) is 40.7 Å². The molecule has 7 nitrogen and oxygen atoms in total. The summed E-state index contributed by atoms with van der Waals surface area (Å²) in [6, 6.07) is 15.3. The zero-order valence-corrected chi connectivity index (χ0v) is 19.3. The number of benzene rings is 3. The molecule has 0 unspecified atom stereocenters.